The molecular formula is C25H22Cl2N4O4S. The Kier molecular flexibility index (Phi) is 9.05. The van der Waals surface area contributed by atoms with Crippen molar-refractivity contribution in [3.05, 3.63) is 76.1 Å². The van der Waals surface area contributed by atoms with Gasteiger partial charge in [0.15, 0.2) is 6.61 Å². The fourth-order valence-corrected chi connectivity index (χ4v) is 4.20. The molecule has 0 atom stereocenters. The van der Waals surface area contributed by atoms with Crippen molar-refractivity contribution in [2.45, 2.75) is 25.2 Å². The van der Waals surface area contributed by atoms with Crippen LogP contribution in [0, 0.1) is 0 Å². The molecule has 0 aliphatic heterocycles. The summed E-state index contributed by atoms with van der Waals surface area (Å²) < 4.78 is 16.9. The highest BCUT2D eigenvalue weighted by Gasteiger charge is 2.12. The molecule has 1 aromatic heterocycles. The predicted octanol–water partition coefficient (Wildman–Crippen LogP) is 6.14. The number of amides is 1. The number of benzene rings is 3. The van der Waals surface area contributed by atoms with Crippen molar-refractivity contribution in [1.29, 1.82) is 0 Å². The van der Waals surface area contributed by atoms with E-state index >= 15 is 0 Å². The first kappa shape index (κ1) is 25.8. The Bertz CT molecular complexity index is 1380. The van der Waals surface area contributed by atoms with Crippen LogP contribution in [-0.4, -0.2) is 34.7 Å². The van der Waals surface area contributed by atoms with Crippen LogP contribution in [0.4, 0.5) is 0 Å². The predicted molar refractivity (Wildman–Crippen MR) is 141 cm³/mol. The lowest BCUT2D eigenvalue weighted by atomic mass is 10.0. The largest absolute Gasteiger partial charge is 0.493 e. The topological polar surface area (TPSA) is 98.8 Å². The molecule has 8 nitrogen and oxygen atoms in total. The minimum Gasteiger partial charge on any atom is -0.493 e. The summed E-state index contributed by atoms with van der Waals surface area (Å²) in [5.41, 5.74) is 3.33. The van der Waals surface area contributed by atoms with Gasteiger partial charge in [0.25, 0.3) is 17.0 Å². The molecule has 0 radical (unpaired) electrons. The highest BCUT2D eigenvalue weighted by Crippen LogP contribution is 2.29. The maximum absolute atomic E-state index is 12.3. The van der Waals surface area contributed by atoms with Crippen LogP contribution < -0.4 is 14.9 Å². The van der Waals surface area contributed by atoms with Gasteiger partial charge in [0.1, 0.15) is 11.5 Å². The van der Waals surface area contributed by atoms with Crippen molar-refractivity contribution >= 4 is 57.9 Å². The lowest BCUT2D eigenvalue weighted by Gasteiger charge is -2.11. The van der Waals surface area contributed by atoms with Gasteiger partial charge in [-0.05, 0) is 41.5 Å². The molecule has 3 aromatic carbocycles. The molecule has 1 amide bonds. The summed E-state index contributed by atoms with van der Waals surface area (Å²) >= 11 is 13.1. The van der Waals surface area contributed by atoms with Crippen molar-refractivity contribution in [3.8, 4) is 11.5 Å². The molecular weight excluding hydrogens is 523 g/mol. The summed E-state index contributed by atoms with van der Waals surface area (Å²) in [6, 6.07) is 16.7. The van der Waals surface area contributed by atoms with Gasteiger partial charge in [-0.15, -0.1) is 10.2 Å². The van der Waals surface area contributed by atoms with Gasteiger partial charge in [0.2, 0.25) is 0 Å². The van der Waals surface area contributed by atoms with E-state index in [1.165, 1.54) is 0 Å². The average molecular weight is 545 g/mol. The lowest BCUT2D eigenvalue weighted by Crippen LogP contribution is -2.19. The molecule has 36 heavy (non-hydrogen) atoms. The van der Waals surface area contributed by atoms with Gasteiger partial charge < -0.3 is 13.9 Å². The van der Waals surface area contributed by atoms with Crippen molar-refractivity contribution in [1.82, 2.24) is 15.6 Å². The van der Waals surface area contributed by atoms with E-state index in [1.807, 2.05) is 43.3 Å². The number of hydrogen-bond donors (Lipinski definition) is 1. The Morgan fingerprint density at radius 2 is 1.94 bits per heavy atom. The molecule has 0 spiro atoms. The number of aromatic nitrogens is 2. The van der Waals surface area contributed by atoms with E-state index in [9.17, 15) is 4.79 Å². The number of ether oxygens (including phenoxy) is 2. The Labute approximate surface area is 222 Å². The van der Waals surface area contributed by atoms with E-state index < -0.39 is 0 Å². The number of carbonyl (C=O) groups is 1. The molecule has 0 unspecified atom stereocenters. The molecule has 0 aliphatic carbocycles. The summed E-state index contributed by atoms with van der Waals surface area (Å²) in [5.74, 6) is 1.12. The SMILES string of the molecule is CCCOc1ccc2ccccc2c1/C=N\NC(=O)CSc1nnc(COc2ccc(Cl)cc2Cl)o1. The van der Waals surface area contributed by atoms with Crippen LogP contribution in [0.2, 0.25) is 10.0 Å². The van der Waals surface area contributed by atoms with Crippen molar-refractivity contribution in [2.75, 3.05) is 12.4 Å². The lowest BCUT2D eigenvalue weighted by molar-refractivity contribution is -0.118. The fraction of sp³-hybridized carbons (Fsp3) is 0.200. The summed E-state index contributed by atoms with van der Waals surface area (Å²) in [7, 11) is 0. The first-order valence-electron chi connectivity index (χ1n) is 11.0. The summed E-state index contributed by atoms with van der Waals surface area (Å²) in [4.78, 5) is 12.3. The van der Waals surface area contributed by atoms with Crippen LogP contribution in [0.25, 0.3) is 10.8 Å². The van der Waals surface area contributed by atoms with Crippen molar-refractivity contribution < 1.29 is 18.7 Å². The highest BCUT2D eigenvalue weighted by atomic mass is 35.5. The van der Waals surface area contributed by atoms with Gasteiger partial charge in [-0.2, -0.15) is 5.10 Å². The first-order valence-corrected chi connectivity index (χ1v) is 12.8. The number of rotatable bonds is 11. The summed E-state index contributed by atoms with van der Waals surface area (Å²) in [6.45, 7) is 2.66. The second-order valence-corrected chi connectivity index (χ2v) is 9.22. The summed E-state index contributed by atoms with van der Waals surface area (Å²) in [6.07, 6.45) is 2.48. The van der Waals surface area contributed by atoms with Crippen LogP contribution >= 0.6 is 35.0 Å². The maximum atomic E-state index is 12.3. The van der Waals surface area contributed by atoms with Gasteiger partial charge in [-0.25, -0.2) is 5.43 Å². The molecule has 186 valence electrons. The molecule has 1 N–H and O–H groups in total. The second-order valence-electron chi connectivity index (χ2n) is 7.45. The van der Waals surface area contributed by atoms with Crippen LogP contribution in [0.15, 0.2) is 69.3 Å². The Hall–Kier alpha value is -3.27. The number of fused-ring (bicyclic) bond motifs is 1. The molecule has 11 heteroatoms. The van der Waals surface area contributed by atoms with E-state index in [1.54, 1.807) is 24.4 Å². The number of carbonyl (C=O) groups excluding carboxylic acids is 1. The number of hydrazone groups is 1. The number of nitrogens with one attached hydrogen (secondary N) is 1. The Morgan fingerprint density at radius 3 is 2.78 bits per heavy atom. The van der Waals surface area contributed by atoms with Crippen molar-refractivity contribution in [2.24, 2.45) is 5.10 Å². The van der Waals surface area contributed by atoms with E-state index in [0.29, 0.717) is 28.2 Å². The number of nitrogens with zero attached hydrogens (tertiary/aromatic N) is 3. The second kappa shape index (κ2) is 12.6. The van der Waals surface area contributed by atoms with Crippen LogP contribution in [0.1, 0.15) is 24.8 Å². The minimum atomic E-state index is -0.323. The van der Waals surface area contributed by atoms with Crippen LogP contribution in [-0.2, 0) is 11.4 Å². The zero-order chi connectivity index (χ0) is 25.3. The quantitative estimate of drug-likeness (QED) is 0.137. The fourth-order valence-electron chi connectivity index (χ4n) is 3.16. The number of thioether (sulfide) groups is 1. The number of halogens is 2. The summed E-state index contributed by atoms with van der Waals surface area (Å²) in [5, 5.41) is 15.1. The third-order valence-corrected chi connectivity index (χ3v) is 6.14. The third-order valence-electron chi connectivity index (χ3n) is 4.80. The highest BCUT2D eigenvalue weighted by molar-refractivity contribution is 7.99. The number of hydrogen-bond acceptors (Lipinski definition) is 8. The standard InChI is InChI=1S/C25H22Cl2N4O4S/c1-2-11-33-21-9-7-16-5-3-4-6-18(16)19(21)13-28-29-23(32)15-36-25-31-30-24(35-25)14-34-22-10-8-17(26)12-20(22)27/h3-10,12-13H,2,11,14-15H2,1H3,(H,29,32)/b28-13-. The average Bonchev–Trinajstić information content (AvgIpc) is 3.34. The normalized spacial score (nSPS) is 11.2. The molecule has 0 fully saturated rings. The van der Waals surface area contributed by atoms with Crippen LogP contribution in [0.3, 0.4) is 0 Å². The van der Waals surface area contributed by atoms with E-state index in [4.69, 9.17) is 37.1 Å². The van der Waals surface area contributed by atoms with Gasteiger partial charge in [0.05, 0.1) is 23.6 Å². The zero-order valence-corrected chi connectivity index (χ0v) is 21.6. The smallest absolute Gasteiger partial charge is 0.277 e. The molecule has 4 aromatic rings. The Balaban J connectivity index is 1.31. The molecule has 0 saturated carbocycles. The van der Waals surface area contributed by atoms with Gasteiger partial charge in [-0.3, -0.25) is 4.79 Å². The third kappa shape index (κ3) is 6.90. The first-order chi connectivity index (χ1) is 17.5. The molecule has 0 bridgehead atoms. The molecule has 0 aliphatic rings. The zero-order valence-electron chi connectivity index (χ0n) is 19.2. The monoisotopic (exact) mass is 544 g/mol. The van der Waals surface area contributed by atoms with Gasteiger partial charge in [0, 0.05) is 10.6 Å². The van der Waals surface area contributed by atoms with Crippen LogP contribution in [0.5, 0.6) is 11.5 Å². The molecule has 1 heterocycles. The maximum Gasteiger partial charge on any atom is 0.277 e. The van der Waals surface area contributed by atoms with E-state index in [0.717, 1.165) is 34.5 Å². The molecule has 0 saturated heterocycles. The minimum absolute atomic E-state index is 0.0267. The Morgan fingerprint density at radius 1 is 1.11 bits per heavy atom. The van der Waals surface area contributed by atoms with E-state index in [-0.39, 0.29) is 29.4 Å². The van der Waals surface area contributed by atoms with Gasteiger partial charge in [-0.1, -0.05) is 72.2 Å². The van der Waals surface area contributed by atoms with Crippen molar-refractivity contribution in [3.63, 3.8) is 0 Å². The van der Waals surface area contributed by atoms with E-state index in [2.05, 4.69) is 20.7 Å². The molecule has 4 rings (SSSR count). The van der Waals surface area contributed by atoms with Gasteiger partial charge >= 0.3 is 0 Å².